The van der Waals surface area contributed by atoms with E-state index in [1.807, 2.05) is 26.8 Å². The molecule has 0 aromatic heterocycles. The van der Waals surface area contributed by atoms with Crippen molar-refractivity contribution in [1.29, 1.82) is 5.41 Å². The summed E-state index contributed by atoms with van der Waals surface area (Å²) in [5, 5.41) is 11.5. The molecule has 1 fully saturated rings. The predicted molar refractivity (Wildman–Crippen MR) is 175 cm³/mol. The van der Waals surface area contributed by atoms with Gasteiger partial charge in [0.1, 0.15) is 12.5 Å². The number of aliphatic imine (C=N–C) groups is 1. The molecule has 0 heterocycles. The fraction of sp³-hybridized carbons (Fsp3) is 0.576. The molecule has 1 aliphatic carbocycles. The van der Waals surface area contributed by atoms with Gasteiger partial charge in [0.2, 0.25) is 5.90 Å². The molecule has 0 radical (unpaired) electrons. The Hall–Kier alpha value is -2.85. The molecular weight excluding hydrogens is 572 g/mol. The van der Waals surface area contributed by atoms with Crippen molar-refractivity contribution in [3.8, 4) is 0 Å². The molecule has 1 atom stereocenters. The van der Waals surface area contributed by atoms with Crippen LogP contribution in [0.15, 0.2) is 57.9 Å². The predicted octanol–water partition coefficient (Wildman–Crippen LogP) is 8.17. The van der Waals surface area contributed by atoms with Crippen molar-refractivity contribution in [3.63, 3.8) is 0 Å². The summed E-state index contributed by atoms with van der Waals surface area (Å²) in [5.41, 5.74) is 4.99. The molecule has 242 valence electrons. The SMILES string of the molecule is CCC(=N)C(C)(C)CS(=O)(=O)CC(C)c1cc(NC(=C2CC2)/C(C)=C/N=C(C=C(C)CC)OC)ccc1F.COCCF. The van der Waals surface area contributed by atoms with Gasteiger partial charge in [-0.15, -0.1) is 0 Å². The van der Waals surface area contributed by atoms with Gasteiger partial charge in [-0.1, -0.05) is 40.2 Å². The van der Waals surface area contributed by atoms with E-state index in [4.69, 9.17) is 10.1 Å². The van der Waals surface area contributed by atoms with Gasteiger partial charge < -0.3 is 20.2 Å². The Kier molecular flexibility index (Phi) is 16.0. The summed E-state index contributed by atoms with van der Waals surface area (Å²) in [6.45, 7) is 13.0. The van der Waals surface area contributed by atoms with Crippen molar-refractivity contribution < 1.29 is 26.7 Å². The van der Waals surface area contributed by atoms with Crippen molar-refractivity contribution >= 4 is 27.1 Å². The minimum Gasteiger partial charge on any atom is -0.481 e. The zero-order valence-electron chi connectivity index (χ0n) is 27.4. The van der Waals surface area contributed by atoms with Gasteiger partial charge in [0.05, 0.1) is 25.2 Å². The van der Waals surface area contributed by atoms with Crippen LogP contribution in [0.5, 0.6) is 0 Å². The molecule has 1 unspecified atom stereocenters. The summed E-state index contributed by atoms with van der Waals surface area (Å²) >= 11 is 0. The van der Waals surface area contributed by atoms with Crippen LogP contribution in [-0.2, 0) is 19.3 Å². The first-order chi connectivity index (χ1) is 20.1. The summed E-state index contributed by atoms with van der Waals surface area (Å²) in [6, 6.07) is 4.74. The number of alkyl halides is 1. The van der Waals surface area contributed by atoms with Gasteiger partial charge in [0.15, 0.2) is 9.84 Å². The summed E-state index contributed by atoms with van der Waals surface area (Å²) in [6.07, 6.45) is 7.05. The Morgan fingerprint density at radius 2 is 1.84 bits per heavy atom. The molecule has 1 aliphatic rings. The van der Waals surface area contributed by atoms with Crippen LogP contribution in [0.25, 0.3) is 0 Å². The monoisotopic (exact) mass is 623 g/mol. The lowest BCUT2D eigenvalue weighted by atomic mass is 9.88. The van der Waals surface area contributed by atoms with Crippen LogP contribution in [-0.4, -0.2) is 59.0 Å². The number of sulfone groups is 1. The number of rotatable bonds is 15. The molecule has 0 bridgehead atoms. The molecule has 0 saturated heterocycles. The summed E-state index contributed by atoms with van der Waals surface area (Å²) in [5.74, 6) is -0.753. The number of halogens is 2. The number of ether oxygens (including phenoxy) is 2. The highest BCUT2D eigenvalue weighted by atomic mass is 32.2. The van der Waals surface area contributed by atoms with Gasteiger partial charge in [-0.2, -0.15) is 0 Å². The normalized spacial score (nSPS) is 15.0. The van der Waals surface area contributed by atoms with Crippen LogP contribution in [0, 0.1) is 16.6 Å². The highest BCUT2D eigenvalue weighted by Gasteiger charge is 2.31. The molecule has 2 rings (SSSR count). The highest BCUT2D eigenvalue weighted by Crippen LogP contribution is 2.36. The minimum atomic E-state index is -3.52. The third-order valence-electron chi connectivity index (χ3n) is 7.10. The highest BCUT2D eigenvalue weighted by molar-refractivity contribution is 7.91. The smallest absolute Gasteiger partial charge is 0.212 e. The van der Waals surface area contributed by atoms with Crippen molar-refractivity contribution in [2.45, 2.75) is 80.1 Å². The molecule has 43 heavy (non-hydrogen) atoms. The van der Waals surface area contributed by atoms with E-state index in [1.165, 1.54) is 18.7 Å². The van der Waals surface area contributed by atoms with E-state index in [-0.39, 0.29) is 24.8 Å². The molecule has 1 aromatic carbocycles. The second kappa shape index (κ2) is 18.1. The number of methoxy groups -OCH3 is 2. The maximum atomic E-state index is 14.8. The Labute approximate surface area is 258 Å². The van der Waals surface area contributed by atoms with Crippen LogP contribution in [0.1, 0.15) is 85.6 Å². The van der Waals surface area contributed by atoms with E-state index >= 15 is 0 Å². The van der Waals surface area contributed by atoms with Gasteiger partial charge >= 0.3 is 0 Å². The van der Waals surface area contributed by atoms with Crippen LogP contribution >= 0.6 is 0 Å². The minimum absolute atomic E-state index is 0.131. The van der Waals surface area contributed by atoms with Crippen LogP contribution < -0.4 is 5.32 Å². The fourth-order valence-electron chi connectivity index (χ4n) is 4.33. The molecular formula is C33H51F2N3O4S. The topological polar surface area (TPSA) is 101 Å². The average molecular weight is 624 g/mol. The van der Waals surface area contributed by atoms with Gasteiger partial charge in [-0.05, 0) is 86.4 Å². The first-order valence-electron chi connectivity index (χ1n) is 14.7. The van der Waals surface area contributed by atoms with E-state index in [2.05, 4.69) is 22.0 Å². The molecule has 0 aliphatic heterocycles. The maximum absolute atomic E-state index is 14.8. The number of hydrogen-bond acceptors (Lipinski definition) is 7. The average Bonchev–Trinajstić information content (AvgIpc) is 3.79. The van der Waals surface area contributed by atoms with E-state index < -0.39 is 27.0 Å². The molecule has 2 N–H and O–H groups in total. The van der Waals surface area contributed by atoms with Gasteiger partial charge in [-0.25, -0.2) is 22.2 Å². The van der Waals surface area contributed by atoms with E-state index in [0.29, 0.717) is 29.3 Å². The first kappa shape index (κ1) is 38.2. The van der Waals surface area contributed by atoms with Crippen molar-refractivity contribution in [3.05, 3.63) is 64.3 Å². The third-order valence-corrected chi connectivity index (χ3v) is 9.27. The van der Waals surface area contributed by atoms with Crippen LogP contribution in [0.3, 0.4) is 0 Å². The molecule has 7 nitrogen and oxygen atoms in total. The maximum Gasteiger partial charge on any atom is 0.212 e. The zero-order chi connectivity index (χ0) is 32.8. The second-order valence-electron chi connectivity index (χ2n) is 11.5. The lowest BCUT2D eigenvalue weighted by Crippen LogP contribution is -2.33. The Morgan fingerprint density at radius 1 is 1.19 bits per heavy atom. The van der Waals surface area contributed by atoms with E-state index in [9.17, 15) is 17.2 Å². The molecule has 0 amide bonds. The Bertz CT molecular complexity index is 1310. The molecule has 10 heteroatoms. The Morgan fingerprint density at radius 3 is 2.33 bits per heavy atom. The van der Waals surface area contributed by atoms with Gasteiger partial charge in [-0.3, -0.25) is 0 Å². The Balaban J connectivity index is 0.00000170. The molecule has 0 spiro atoms. The number of nitrogens with zero attached hydrogens (tertiary/aromatic N) is 1. The van der Waals surface area contributed by atoms with Crippen molar-refractivity contribution in [1.82, 2.24) is 0 Å². The van der Waals surface area contributed by atoms with Crippen molar-refractivity contribution in [2.75, 3.05) is 44.3 Å². The lowest BCUT2D eigenvalue weighted by Gasteiger charge is -2.26. The summed E-state index contributed by atoms with van der Waals surface area (Å²) in [7, 11) is -0.452. The number of anilines is 1. The van der Waals surface area contributed by atoms with Crippen LogP contribution in [0.4, 0.5) is 14.5 Å². The summed E-state index contributed by atoms with van der Waals surface area (Å²) < 4.78 is 61.4. The number of nitrogens with one attached hydrogen (secondary N) is 2. The largest absolute Gasteiger partial charge is 0.481 e. The molecule has 1 saturated carbocycles. The van der Waals surface area contributed by atoms with Crippen LogP contribution in [0.2, 0.25) is 0 Å². The quantitative estimate of drug-likeness (QED) is 0.152. The van der Waals surface area contributed by atoms with E-state index in [0.717, 1.165) is 36.1 Å². The lowest BCUT2D eigenvalue weighted by molar-refractivity contribution is 0.175. The van der Waals surface area contributed by atoms with E-state index in [1.54, 1.807) is 46.2 Å². The van der Waals surface area contributed by atoms with Gasteiger partial charge in [0.25, 0.3) is 0 Å². The number of benzene rings is 1. The zero-order valence-corrected chi connectivity index (χ0v) is 28.2. The third kappa shape index (κ3) is 13.5. The second-order valence-corrected chi connectivity index (χ2v) is 13.6. The fourth-order valence-corrected chi connectivity index (χ4v) is 6.66. The summed E-state index contributed by atoms with van der Waals surface area (Å²) in [4.78, 5) is 4.49. The van der Waals surface area contributed by atoms with Crippen molar-refractivity contribution in [2.24, 2.45) is 10.4 Å². The molecule has 1 aromatic rings. The van der Waals surface area contributed by atoms with Gasteiger partial charge in [0, 0.05) is 35.8 Å². The number of hydrogen-bond donors (Lipinski definition) is 2. The number of allylic oxidation sites excluding steroid dienone is 3. The first-order valence-corrected chi connectivity index (χ1v) is 16.5. The standard InChI is InChI=1S/C30H44FN3O3S.C3H7FO/c1-9-20(3)15-28(37-8)33-17-21(4)29(23-11-12-23)34-24-13-14-26(31)25(16-24)22(5)18-38(35,36)19-30(6,7)27(32)10-2;1-5-3-2-4/h13-17,22,32,34H,9-12,18-19H2,1-8H3;2-3H2,1H3/b20-15?,21-17+,32-27?,33-28?;.